The van der Waals surface area contributed by atoms with E-state index >= 15 is 0 Å². The molecule has 0 aliphatic rings. The number of phenolic OH excluding ortho intramolecular Hbond substituents is 1. The third kappa shape index (κ3) is 4.99. The van der Waals surface area contributed by atoms with Crippen molar-refractivity contribution in [3.8, 4) is 5.75 Å². The maximum atomic E-state index is 12.9. The van der Waals surface area contributed by atoms with Crippen molar-refractivity contribution in [2.24, 2.45) is 0 Å². The second kappa shape index (κ2) is 10.9. The van der Waals surface area contributed by atoms with Crippen LogP contribution >= 0.6 is 0 Å². The maximum absolute atomic E-state index is 12.9. The van der Waals surface area contributed by atoms with Gasteiger partial charge in [-0.3, -0.25) is 14.4 Å². The molecule has 8 nitrogen and oxygen atoms in total. The zero-order chi connectivity index (χ0) is 25.7. The molecule has 0 saturated carbocycles. The monoisotopic (exact) mass is 485 g/mol. The molecule has 0 bridgehead atoms. The molecule has 2 atom stereocenters. The van der Waals surface area contributed by atoms with Crippen molar-refractivity contribution in [1.29, 1.82) is 0 Å². The predicted molar refractivity (Wildman–Crippen MR) is 140 cm³/mol. The Bertz CT molecular complexity index is 1410. The third-order valence-electron chi connectivity index (χ3n) is 6.07. The van der Waals surface area contributed by atoms with Gasteiger partial charge < -0.3 is 26.2 Å². The molecule has 0 aromatic heterocycles. The van der Waals surface area contributed by atoms with Gasteiger partial charge in [0.1, 0.15) is 11.4 Å². The molecule has 36 heavy (non-hydrogen) atoms. The lowest BCUT2D eigenvalue weighted by atomic mass is 10.0. The van der Waals surface area contributed by atoms with Crippen molar-refractivity contribution in [3.05, 3.63) is 116 Å². The van der Waals surface area contributed by atoms with Crippen LogP contribution in [0, 0.1) is 0 Å². The van der Waals surface area contributed by atoms with Gasteiger partial charge in [0.2, 0.25) is 0 Å². The van der Waals surface area contributed by atoms with Gasteiger partial charge >= 0.3 is 0 Å². The molecule has 0 aliphatic carbocycles. The number of aliphatic hydroxyl groups is 1. The summed E-state index contributed by atoms with van der Waals surface area (Å²) in [6.07, 6.45) is 0.677. The van der Waals surface area contributed by atoms with E-state index in [0.717, 1.165) is 5.56 Å². The molecule has 0 heterocycles. The van der Waals surface area contributed by atoms with E-state index in [9.17, 15) is 24.6 Å². The normalized spacial score (nSPS) is 12.6. The number of para-hydroxylation sites is 1. The molecule has 0 spiro atoms. The van der Waals surface area contributed by atoms with E-state index in [2.05, 4.69) is 16.0 Å². The SMILES string of the molecule is CC[C@@H](Nc1c(Nc2cccc(C(=O)N[C@H](CO)c3ccccc3)c2O)c(=O)c1=O)c1ccccc1. The number of aliphatic hydroxyl groups excluding tert-OH is 1. The van der Waals surface area contributed by atoms with Crippen molar-refractivity contribution >= 4 is 23.0 Å². The summed E-state index contributed by atoms with van der Waals surface area (Å²) in [6, 6.07) is 22.2. The Hall–Kier alpha value is -4.43. The predicted octanol–water partition coefficient (Wildman–Crippen LogP) is 3.76. The number of benzene rings is 3. The van der Waals surface area contributed by atoms with Gasteiger partial charge in [0.05, 0.1) is 29.9 Å². The van der Waals surface area contributed by atoms with Gasteiger partial charge in [-0.25, -0.2) is 0 Å². The fourth-order valence-corrected chi connectivity index (χ4v) is 4.05. The fraction of sp³-hybridized carbons (Fsp3) is 0.179. The van der Waals surface area contributed by atoms with Crippen LogP contribution in [0.4, 0.5) is 17.1 Å². The zero-order valence-corrected chi connectivity index (χ0v) is 19.7. The lowest BCUT2D eigenvalue weighted by molar-refractivity contribution is 0.0913. The van der Waals surface area contributed by atoms with E-state index in [0.29, 0.717) is 12.0 Å². The molecular weight excluding hydrogens is 458 g/mol. The van der Waals surface area contributed by atoms with Crippen molar-refractivity contribution in [2.75, 3.05) is 17.2 Å². The first kappa shape index (κ1) is 24.7. The summed E-state index contributed by atoms with van der Waals surface area (Å²) in [5, 5.41) is 29.2. The highest BCUT2D eigenvalue weighted by Gasteiger charge is 2.25. The van der Waals surface area contributed by atoms with Crippen LogP contribution in [0.1, 0.15) is 46.9 Å². The molecule has 4 aromatic carbocycles. The van der Waals surface area contributed by atoms with Gasteiger partial charge in [0, 0.05) is 0 Å². The van der Waals surface area contributed by atoms with E-state index < -0.39 is 22.8 Å². The first-order valence-electron chi connectivity index (χ1n) is 11.6. The van der Waals surface area contributed by atoms with E-state index in [-0.39, 0.29) is 41.0 Å². The molecule has 0 fully saturated rings. The molecule has 1 amide bonds. The number of carbonyl (C=O) groups is 1. The van der Waals surface area contributed by atoms with Gasteiger partial charge in [-0.15, -0.1) is 0 Å². The quantitative estimate of drug-likeness (QED) is 0.171. The van der Waals surface area contributed by atoms with Crippen LogP contribution in [-0.4, -0.2) is 22.7 Å². The summed E-state index contributed by atoms with van der Waals surface area (Å²) in [4.78, 5) is 37.6. The smallest absolute Gasteiger partial charge is 0.255 e. The van der Waals surface area contributed by atoms with Crippen molar-refractivity contribution in [3.63, 3.8) is 0 Å². The lowest BCUT2D eigenvalue weighted by Gasteiger charge is -2.22. The number of amides is 1. The Labute approximate surface area is 207 Å². The van der Waals surface area contributed by atoms with E-state index in [4.69, 9.17) is 0 Å². The molecule has 0 radical (unpaired) electrons. The molecule has 0 saturated heterocycles. The van der Waals surface area contributed by atoms with Gasteiger partial charge in [-0.2, -0.15) is 0 Å². The minimum atomic E-state index is -0.709. The summed E-state index contributed by atoms with van der Waals surface area (Å²) >= 11 is 0. The van der Waals surface area contributed by atoms with Crippen LogP contribution < -0.4 is 26.8 Å². The van der Waals surface area contributed by atoms with Crippen LogP contribution in [0.3, 0.4) is 0 Å². The summed E-state index contributed by atoms with van der Waals surface area (Å²) in [6.45, 7) is 1.64. The summed E-state index contributed by atoms with van der Waals surface area (Å²) < 4.78 is 0. The second-order valence-electron chi connectivity index (χ2n) is 8.37. The van der Waals surface area contributed by atoms with Gasteiger partial charge in [-0.05, 0) is 29.7 Å². The van der Waals surface area contributed by atoms with E-state index in [1.54, 1.807) is 30.3 Å². The minimum Gasteiger partial charge on any atom is -0.505 e. The summed E-state index contributed by atoms with van der Waals surface area (Å²) in [5.41, 5.74) is 0.550. The Kier molecular flexibility index (Phi) is 7.46. The van der Waals surface area contributed by atoms with Crippen molar-refractivity contribution in [1.82, 2.24) is 5.32 Å². The zero-order valence-electron chi connectivity index (χ0n) is 19.7. The Morgan fingerprint density at radius 1 is 0.806 bits per heavy atom. The highest BCUT2D eigenvalue weighted by atomic mass is 16.3. The lowest BCUT2D eigenvalue weighted by Crippen LogP contribution is -2.37. The maximum Gasteiger partial charge on any atom is 0.255 e. The molecule has 4 aromatic rings. The van der Waals surface area contributed by atoms with Crippen molar-refractivity contribution in [2.45, 2.75) is 25.4 Å². The average molecular weight is 486 g/mol. The fourth-order valence-electron chi connectivity index (χ4n) is 4.05. The summed E-state index contributed by atoms with van der Waals surface area (Å²) in [5.74, 6) is -0.980. The van der Waals surface area contributed by atoms with Gasteiger partial charge in [-0.1, -0.05) is 73.7 Å². The first-order chi connectivity index (χ1) is 17.4. The van der Waals surface area contributed by atoms with Crippen LogP contribution in [0.25, 0.3) is 0 Å². The van der Waals surface area contributed by atoms with Gasteiger partial charge in [0.25, 0.3) is 16.8 Å². The number of aromatic hydroxyl groups is 1. The number of hydrogen-bond donors (Lipinski definition) is 5. The van der Waals surface area contributed by atoms with Crippen LogP contribution in [0.5, 0.6) is 5.75 Å². The number of nitrogens with one attached hydrogen (secondary N) is 3. The highest BCUT2D eigenvalue weighted by Crippen LogP contribution is 2.33. The minimum absolute atomic E-state index is 0.0276. The molecule has 0 aliphatic heterocycles. The Morgan fingerprint density at radius 2 is 1.39 bits per heavy atom. The van der Waals surface area contributed by atoms with Crippen molar-refractivity contribution < 1.29 is 15.0 Å². The van der Waals surface area contributed by atoms with Gasteiger partial charge in [0.15, 0.2) is 5.75 Å². The number of hydrogen-bond acceptors (Lipinski definition) is 7. The largest absolute Gasteiger partial charge is 0.505 e. The van der Waals surface area contributed by atoms with E-state index in [1.165, 1.54) is 12.1 Å². The van der Waals surface area contributed by atoms with Crippen LogP contribution in [-0.2, 0) is 0 Å². The number of anilines is 3. The molecule has 5 N–H and O–H groups in total. The topological polar surface area (TPSA) is 128 Å². The standard InChI is InChI=1S/C28H27N3O5/c1-2-20(17-10-5-3-6-11-17)29-23-24(27(35)26(23)34)30-21-15-9-14-19(25(21)33)28(36)31-22(16-32)18-12-7-4-8-13-18/h3-15,20,22,29-30,32-33H,2,16H2,1H3,(H,31,36)/t20-,22-/m1/s1. The third-order valence-corrected chi connectivity index (χ3v) is 6.07. The molecular formula is C28H27N3O5. The Morgan fingerprint density at radius 3 is 1.97 bits per heavy atom. The molecule has 0 unspecified atom stereocenters. The van der Waals surface area contributed by atoms with Crippen LogP contribution in [0.15, 0.2) is 88.5 Å². The summed E-state index contributed by atoms with van der Waals surface area (Å²) in [7, 11) is 0. The number of phenols is 1. The first-order valence-corrected chi connectivity index (χ1v) is 11.6. The van der Waals surface area contributed by atoms with E-state index in [1.807, 2.05) is 43.3 Å². The highest BCUT2D eigenvalue weighted by molar-refractivity contribution is 5.99. The number of carbonyl (C=O) groups excluding carboxylic acids is 1. The molecule has 8 heteroatoms. The second-order valence-corrected chi connectivity index (χ2v) is 8.37. The molecule has 4 rings (SSSR count). The number of rotatable bonds is 10. The average Bonchev–Trinajstić information content (AvgIpc) is 2.92. The Balaban J connectivity index is 1.55. The van der Waals surface area contributed by atoms with Crippen LogP contribution in [0.2, 0.25) is 0 Å². The molecule has 184 valence electrons.